The van der Waals surface area contributed by atoms with E-state index in [1.807, 2.05) is 65.8 Å². The van der Waals surface area contributed by atoms with Crippen molar-refractivity contribution in [2.24, 2.45) is 21.7 Å². The highest BCUT2D eigenvalue weighted by atomic mass is 16.6. The Kier molecular flexibility index (Phi) is 8.41. The molecule has 0 radical (unpaired) electrons. The molecule has 38 bridgehead atoms. The van der Waals surface area contributed by atoms with Gasteiger partial charge in [0.25, 0.3) is 0 Å². The van der Waals surface area contributed by atoms with Crippen LogP contribution in [0.15, 0.2) is 36.4 Å². The monoisotopic (exact) mass is 1800 g/mol. The van der Waals surface area contributed by atoms with Gasteiger partial charge < -0.3 is 66.3 Å². The lowest BCUT2D eigenvalue weighted by molar-refractivity contribution is -0.168. The molecule has 10 atom stereocenters. The van der Waals surface area contributed by atoms with Gasteiger partial charge in [-0.15, -0.1) is 0 Å². The minimum absolute atomic E-state index is 0.0663. The number of esters is 8. The highest BCUT2D eigenvalue weighted by molar-refractivity contribution is 6.72. The molecule has 0 amide bonds. The lowest BCUT2D eigenvalue weighted by Gasteiger charge is -2.36. The van der Waals surface area contributed by atoms with Crippen LogP contribution in [-0.2, 0) is 142 Å². The largest absolute Gasteiger partial charge is 0.487 e. The molecule has 54 rings (SSSR count). The predicted octanol–water partition coefficient (Wildman–Crippen LogP) is 17.3. The van der Waals surface area contributed by atoms with Crippen LogP contribution in [0.3, 0.4) is 0 Å². The Balaban J connectivity index is 0.785. The van der Waals surface area contributed by atoms with Gasteiger partial charge in [-0.3, -0.25) is 38.4 Å². The molecule has 31 aliphatic rings. The number of ether oxygens (including phenoxy) is 14. The van der Waals surface area contributed by atoms with Crippen LogP contribution in [0, 0.1) is 21.7 Å². The van der Waals surface area contributed by atoms with Crippen molar-refractivity contribution in [3.05, 3.63) is 137 Å². The average Bonchev–Trinajstić information content (AvgIpc) is 1.33. The lowest BCUT2D eigenvalue weighted by Crippen LogP contribution is -2.39. The second-order valence-corrected chi connectivity index (χ2v) is 43.9. The average molecular weight is 1800 g/mol. The zero-order valence-electron chi connectivity index (χ0n) is 73.8. The van der Waals surface area contributed by atoms with E-state index in [2.05, 4.69) is 0 Å². The fourth-order valence-electron chi connectivity index (χ4n) is 42.0. The number of carbonyl (C=O) groups is 8. The van der Waals surface area contributed by atoms with Crippen molar-refractivity contribution in [2.75, 3.05) is 92.5 Å². The standard InChI is InChI=1S/C116H56O22/c1-7-127-97(117)113(98(118)128-8-2)107-83-55-43-39-49-59-68-52(39)64-56-44(43)40-50-60-67-51(40)63(55)89(107)77-79-91-65-47-37-35-41-38-36-42(37)53-61(47)93(79)111(95(67)77)106-82(53)70-46(36)58-66-48(38)62-54(41)81-69-45(35)57(65)87(109(91,107)113)75(71(49)83)73(69)85(59)105(81)112(94(62)80-78(96(68)112)90(64)108-84(56)72(50)76(74(70)86(60)106)88(58)110(108,92(66)80)114(108,99(119)129-9-3)100(120)130-10-4)116(105,102(122)132-12-6)104(124)138-28-30-14-16-32-34(26-30)136-24-20-126-17-21-133-31-15-13-29(25-33(31)135-23-19-125-18-22-134-32)27-137-103(123)115(106,111)101(121)131-11-5/h13-16,25-26H,7-12,17-24,27-28H2,1-6H3. The molecule has 22 heteroatoms. The third-order valence-corrected chi connectivity index (χ3v) is 42.5. The number of benzene rings is 19. The molecule has 4 saturated carbocycles. The van der Waals surface area contributed by atoms with Crippen LogP contribution >= 0.6 is 0 Å². The molecule has 11 heterocycles. The first kappa shape index (κ1) is 66.7. The fraction of sp³-hybridized carbons (Fsp3) is 0.293. The van der Waals surface area contributed by atoms with E-state index in [4.69, 9.17) is 66.3 Å². The summed E-state index contributed by atoms with van der Waals surface area (Å²) < 4.78 is 96.8. The molecular formula is C116H56O22. The van der Waals surface area contributed by atoms with Crippen LogP contribution < -0.4 is 18.9 Å². The Bertz CT molecular complexity index is 10500. The molecule has 0 N–H and O–H groups in total. The minimum Gasteiger partial charge on any atom is -0.487 e. The molecule has 8 spiro atoms. The Morgan fingerprint density at radius 3 is 0.659 bits per heavy atom. The maximum Gasteiger partial charge on any atom is 0.326 e. The van der Waals surface area contributed by atoms with Gasteiger partial charge in [-0.1, -0.05) is 12.1 Å². The summed E-state index contributed by atoms with van der Waals surface area (Å²) in [5.74, 6) is -4.49. The normalized spacial score (nSPS) is 29.7. The van der Waals surface area contributed by atoms with Gasteiger partial charge in [-0.05, 0) is 414 Å². The van der Waals surface area contributed by atoms with E-state index in [0.29, 0.717) is 34.1 Å². The van der Waals surface area contributed by atoms with Crippen molar-refractivity contribution in [1.29, 1.82) is 0 Å². The SMILES string of the molecule is CCOC(=O)C1(C(=O)OCC)C23c4c5c6c7c8c9c%10c%11c%12c%13c%14c%15c%16c%17c%18c%19c%20c(c-%11c%11c%21c%22c%23c6c6c4c4c2c2c%24c%25c%26c%27c(c%17c%17c%28c%29c(c-2c2c%30c%31c(c5c8c(c9%13)c%31c%14c(c%16%28)c%29%30)C213)C%241C(C(=O)OCC)(C(=O)OCc2ccc3c(c2)OCCOCCOc2ccc(cc2OCCOCCO3)COC(=O)C2(C(=O)OCC)C%10%11C7%232)C%17%271)c%19c1c%26c(c4%25)c6c%22c1c%20%21)C%181C(C(=O)OCC)(C(=O)OCC)C%12%151. The number of carbonyl (C=O) groups excluding carboxylic acids is 8. The van der Waals surface area contributed by atoms with Crippen molar-refractivity contribution in [2.45, 2.75) is 98.1 Å². The van der Waals surface area contributed by atoms with E-state index in [0.717, 1.165) is 337 Å². The van der Waals surface area contributed by atoms with E-state index in [1.54, 1.807) is 12.1 Å². The van der Waals surface area contributed by atoms with Crippen molar-refractivity contribution in [3.8, 4) is 45.3 Å². The summed E-state index contributed by atoms with van der Waals surface area (Å²) in [6, 6.07) is 11.0. The maximum atomic E-state index is 19.1. The van der Waals surface area contributed by atoms with Crippen LogP contribution in [-0.4, -0.2) is 140 Å². The highest BCUT2D eigenvalue weighted by Gasteiger charge is 3.10. The van der Waals surface area contributed by atoms with Crippen molar-refractivity contribution < 1.29 is 105 Å². The Morgan fingerprint density at radius 1 is 0.225 bits per heavy atom. The van der Waals surface area contributed by atoms with E-state index in [1.165, 1.54) is 0 Å². The first-order valence-electron chi connectivity index (χ1n) is 49.4. The quantitative estimate of drug-likeness (QED) is 0.0361. The van der Waals surface area contributed by atoms with Gasteiger partial charge >= 0.3 is 47.8 Å². The molecule has 22 nitrogen and oxygen atoms in total. The van der Waals surface area contributed by atoms with Crippen LogP contribution in [0.2, 0.25) is 0 Å². The van der Waals surface area contributed by atoms with Gasteiger partial charge in [0, 0.05) is 0 Å². The molecule has 138 heavy (non-hydrogen) atoms. The Labute approximate surface area is 768 Å². The van der Waals surface area contributed by atoms with E-state index >= 15 is 38.4 Å². The predicted molar refractivity (Wildman–Crippen MR) is 501 cm³/mol. The van der Waals surface area contributed by atoms with Crippen LogP contribution in [0.1, 0.15) is 142 Å². The van der Waals surface area contributed by atoms with Gasteiger partial charge in [0.05, 0.1) is 109 Å². The molecule has 0 saturated heterocycles. The van der Waals surface area contributed by atoms with Gasteiger partial charge in [-0.25, -0.2) is 0 Å². The number of hydrogen-bond donors (Lipinski definition) is 0. The summed E-state index contributed by atoms with van der Waals surface area (Å²) in [7, 11) is 0. The lowest BCUT2D eigenvalue weighted by atomic mass is 9.64. The Morgan fingerprint density at radius 2 is 0.413 bits per heavy atom. The number of hydrogen-bond acceptors (Lipinski definition) is 22. The van der Waals surface area contributed by atoms with Crippen molar-refractivity contribution in [1.82, 2.24) is 0 Å². The molecular weight excluding hydrogens is 1750 g/mol. The van der Waals surface area contributed by atoms with Gasteiger partial charge in [0.2, 0.25) is 0 Å². The first-order chi connectivity index (χ1) is 67.8. The third-order valence-electron chi connectivity index (χ3n) is 42.5. The van der Waals surface area contributed by atoms with Gasteiger partial charge in [-0.2, -0.15) is 0 Å². The van der Waals surface area contributed by atoms with Crippen LogP contribution in [0.5, 0.6) is 23.0 Å². The zero-order valence-corrected chi connectivity index (χ0v) is 73.8. The molecule has 11 aliphatic heterocycles. The first-order valence-corrected chi connectivity index (χ1v) is 49.4. The van der Waals surface area contributed by atoms with E-state index in [-0.39, 0.29) is 106 Å². The van der Waals surface area contributed by atoms with Crippen molar-refractivity contribution >= 4 is 274 Å². The van der Waals surface area contributed by atoms with Gasteiger partial charge in [0.15, 0.2) is 44.7 Å². The van der Waals surface area contributed by atoms with E-state index in [9.17, 15) is 0 Å². The smallest absolute Gasteiger partial charge is 0.326 e. The Hall–Kier alpha value is -14.7. The van der Waals surface area contributed by atoms with Crippen LogP contribution in [0.25, 0.3) is 248 Å². The molecule has 20 aliphatic carbocycles. The molecule has 4 fully saturated rings. The molecule has 23 aromatic carbocycles. The summed E-state index contributed by atoms with van der Waals surface area (Å²) in [6.07, 6.45) is 0. The third kappa shape index (κ3) is 4.24. The maximum absolute atomic E-state index is 19.1. The second kappa shape index (κ2) is 17.4. The fourth-order valence-corrected chi connectivity index (χ4v) is 42.0. The highest BCUT2D eigenvalue weighted by Crippen LogP contribution is 3.07. The topological polar surface area (TPSA) is 266 Å². The summed E-state index contributed by atoms with van der Waals surface area (Å²) in [6.45, 7) is 10.4. The van der Waals surface area contributed by atoms with E-state index < -0.39 is 113 Å². The van der Waals surface area contributed by atoms with Gasteiger partial charge in [0.1, 0.15) is 39.6 Å². The second-order valence-electron chi connectivity index (χ2n) is 43.9. The molecule has 10 unspecified atom stereocenters. The summed E-state index contributed by atoms with van der Waals surface area (Å²) in [5.41, 5.74) is -6.37. The molecule has 652 valence electrons. The summed E-state index contributed by atoms with van der Waals surface area (Å²) >= 11 is 0. The summed E-state index contributed by atoms with van der Waals surface area (Å²) in [4.78, 5) is 149. The van der Waals surface area contributed by atoms with Crippen molar-refractivity contribution in [3.63, 3.8) is 0 Å². The molecule has 0 aromatic heterocycles. The van der Waals surface area contributed by atoms with Crippen LogP contribution in [0.4, 0.5) is 0 Å². The number of rotatable bonds is 12. The minimum atomic E-state index is -2.36. The summed E-state index contributed by atoms with van der Waals surface area (Å²) in [5, 5.41) is 38.1. The molecule has 23 aromatic rings. The zero-order chi connectivity index (χ0) is 89.3.